The molecule has 5 rings (SSSR count). The van der Waals surface area contributed by atoms with Crippen molar-refractivity contribution in [2.45, 2.75) is 19.5 Å². The Balaban J connectivity index is 1.14. The summed E-state index contributed by atoms with van der Waals surface area (Å²) in [4.78, 5) is 21.1. The average molecular weight is 453 g/mol. The number of nitrogens with zero attached hydrogens (tertiary/aromatic N) is 4. The highest BCUT2D eigenvalue weighted by atomic mass is 16.3. The summed E-state index contributed by atoms with van der Waals surface area (Å²) in [6.07, 6.45) is 5.20. The van der Waals surface area contributed by atoms with Crippen LogP contribution < -0.4 is 10.6 Å². The van der Waals surface area contributed by atoms with Crippen LogP contribution >= 0.6 is 0 Å². The highest BCUT2D eigenvalue weighted by Gasteiger charge is 2.11. The van der Waals surface area contributed by atoms with E-state index in [0.29, 0.717) is 37.5 Å². The summed E-state index contributed by atoms with van der Waals surface area (Å²) in [6.45, 7) is 1.49. The smallest absolute Gasteiger partial charge is 0.224 e. The van der Waals surface area contributed by atoms with Crippen molar-refractivity contribution in [2.24, 2.45) is 0 Å². The predicted molar refractivity (Wildman–Crippen MR) is 130 cm³/mol. The fraction of sp³-hybridized carbons (Fsp3) is 0.154. The second-order valence-electron chi connectivity index (χ2n) is 7.85. The SMILES string of the molecule is O=C(Cc1ccc(-c2ccccc2)cc1)NCCn1ncc2c(NCc3ccco3)ncnc21. The fourth-order valence-electron chi connectivity index (χ4n) is 3.78. The van der Waals surface area contributed by atoms with Crippen LogP contribution in [-0.2, 0) is 24.3 Å². The minimum Gasteiger partial charge on any atom is -0.467 e. The van der Waals surface area contributed by atoms with Crippen molar-refractivity contribution in [1.82, 2.24) is 25.1 Å². The Morgan fingerprint density at radius 2 is 1.76 bits per heavy atom. The molecule has 3 aromatic heterocycles. The van der Waals surface area contributed by atoms with Gasteiger partial charge in [0.15, 0.2) is 5.65 Å². The van der Waals surface area contributed by atoms with Gasteiger partial charge < -0.3 is 15.1 Å². The van der Waals surface area contributed by atoms with Gasteiger partial charge in [0.25, 0.3) is 0 Å². The standard InChI is InChI=1S/C26H24N6O2/c33-24(15-19-8-10-21(11-9-19)20-5-2-1-3-6-20)27-12-13-32-26-23(17-31-32)25(29-18-30-26)28-16-22-7-4-14-34-22/h1-11,14,17-18H,12-13,15-16H2,(H,27,33)(H,28,29,30). The second-order valence-corrected chi connectivity index (χ2v) is 7.85. The van der Waals surface area contributed by atoms with Gasteiger partial charge in [-0.15, -0.1) is 0 Å². The molecule has 8 nitrogen and oxygen atoms in total. The summed E-state index contributed by atoms with van der Waals surface area (Å²) in [5.41, 5.74) is 3.98. The van der Waals surface area contributed by atoms with E-state index in [4.69, 9.17) is 4.42 Å². The molecule has 0 fully saturated rings. The second kappa shape index (κ2) is 9.99. The van der Waals surface area contributed by atoms with E-state index in [1.54, 1.807) is 17.1 Å². The molecule has 0 unspecified atom stereocenters. The lowest BCUT2D eigenvalue weighted by molar-refractivity contribution is -0.120. The van der Waals surface area contributed by atoms with Crippen molar-refractivity contribution in [3.8, 4) is 11.1 Å². The van der Waals surface area contributed by atoms with E-state index >= 15 is 0 Å². The van der Waals surface area contributed by atoms with Crippen LogP contribution in [-0.4, -0.2) is 32.2 Å². The largest absolute Gasteiger partial charge is 0.467 e. The molecule has 2 aromatic carbocycles. The van der Waals surface area contributed by atoms with Gasteiger partial charge in [-0.05, 0) is 28.8 Å². The number of nitrogens with one attached hydrogen (secondary N) is 2. The van der Waals surface area contributed by atoms with Crippen molar-refractivity contribution in [3.05, 3.63) is 96.8 Å². The highest BCUT2D eigenvalue weighted by Crippen LogP contribution is 2.20. The zero-order chi connectivity index (χ0) is 23.2. The van der Waals surface area contributed by atoms with E-state index in [9.17, 15) is 4.79 Å². The maximum Gasteiger partial charge on any atom is 0.224 e. The number of carbonyl (C=O) groups is 1. The first kappa shape index (κ1) is 21.4. The van der Waals surface area contributed by atoms with Gasteiger partial charge in [-0.1, -0.05) is 54.6 Å². The van der Waals surface area contributed by atoms with Crippen molar-refractivity contribution < 1.29 is 9.21 Å². The molecule has 0 radical (unpaired) electrons. The van der Waals surface area contributed by atoms with E-state index < -0.39 is 0 Å². The molecule has 0 spiro atoms. The maximum absolute atomic E-state index is 12.4. The molecule has 170 valence electrons. The quantitative estimate of drug-likeness (QED) is 0.350. The molecule has 0 aliphatic rings. The Bertz CT molecular complexity index is 1360. The zero-order valence-corrected chi connectivity index (χ0v) is 18.5. The summed E-state index contributed by atoms with van der Waals surface area (Å²) in [7, 11) is 0. The Morgan fingerprint density at radius 1 is 0.941 bits per heavy atom. The first-order valence-electron chi connectivity index (χ1n) is 11.1. The minimum absolute atomic E-state index is 0.0284. The molecule has 0 bridgehead atoms. The maximum atomic E-state index is 12.4. The molecule has 5 aromatic rings. The van der Waals surface area contributed by atoms with Gasteiger partial charge in [-0.2, -0.15) is 5.10 Å². The number of amides is 1. The van der Waals surface area contributed by atoms with Crippen LogP contribution in [0.3, 0.4) is 0 Å². The monoisotopic (exact) mass is 452 g/mol. The molecule has 34 heavy (non-hydrogen) atoms. The van der Waals surface area contributed by atoms with Gasteiger partial charge in [0.2, 0.25) is 5.91 Å². The number of carbonyl (C=O) groups excluding carboxylic acids is 1. The van der Waals surface area contributed by atoms with Gasteiger partial charge >= 0.3 is 0 Å². The third kappa shape index (κ3) is 4.96. The highest BCUT2D eigenvalue weighted by molar-refractivity contribution is 5.86. The van der Waals surface area contributed by atoms with Gasteiger partial charge in [0.1, 0.15) is 17.9 Å². The Morgan fingerprint density at radius 3 is 2.56 bits per heavy atom. The Labute approximate surface area is 196 Å². The molecule has 0 aliphatic carbocycles. The lowest BCUT2D eigenvalue weighted by Gasteiger charge is -2.08. The van der Waals surface area contributed by atoms with Crippen LogP contribution in [0, 0.1) is 0 Å². The summed E-state index contributed by atoms with van der Waals surface area (Å²) in [5, 5.41) is 11.5. The van der Waals surface area contributed by atoms with E-state index in [2.05, 4.69) is 37.8 Å². The van der Waals surface area contributed by atoms with Crippen LogP contribution in [0.1, 0.15) is 11.3 Å². The van der Waals surface area contributed by atoms with Crippen molar-refractivity contribution in [2.75, 3.05) is 11.9 Å². The molecule has 0 saturated carbocycles. The number of furan rings is 1. The fourth-order valence-corrected chi connectivity index (χ4v) is 3.78. The van der Waals surface area contributed by atoms with Gasteiger partial charge in [0.05, 0.1) is 37.4 Å². The Hall–Kier alpha value is -4.46. The molecule has 0 atom stereocenters. The van der Waals surface area contributed by atoms with E-state index in [1.807, 2.05) is 54.6 Å². The summed E-state index contributed by atoms with van der Waals surface area (Å²) >= 11 is 0. The zero-order valence-electron chi connectivity index (χ0n) is 18.5. The average Bonchev–Trinajstić information content (AvgIpc) is 3.54. The topological polar surface area (TPSA) is 97.9 Å². The number of hydrogen-bond donors (Lipinski definition) is 2. The molecule has 3 heterocycles. The lowest BCUT2D eigenvalue weighted by Crippen LogP contribution is -2.28. The Kier molecular flexibility index (Phi) is 6.29. The summed E-state index contributed by atoms with van der Waals surface area (Å²) < 4.78 is 7.12. The molecular formula is C26H24N6O2. The molecule has 0 aliphatic heterocycles. The van der Waals surface area contributed by atoms with Crippen LogP contribution in [0.25, 0.3) is 22.2 Å². The van der Waals surface area contributed by atoms with Crippen molar-refractivity contribution in [1.29, 1.82) is 0 Å². The number of aromatic nitrogens is 4. The van der Waals surface area contributed by atoms with Crippen LogP contribution in [0.5, 0.6) is 0 Å². The summed E-state index contributed by atoms with van der Waals surface area (Å²) in [6, 6.07) is 22.0. The van der Waals surface area contributed by atoms with Crippen LogP contribution in [0.2, 0.25) is 0 Å². The third-order valence-corrected chi connectivity index (χ3v) is 5.52. The molecular weight excluding hydrogens is 428 g/mol. The van der Waals surface area contributed by atoms with E-state index in [0.717, 1.165) is 27.8 Å². The van der Waals surface area contributed by atoms with E-state index in [-0.39, 0.29) is 5.91 Å². The number of anilines is 1. The third-order valence-electron chi connectivity index (χ3n) is 5.52. The van der Waals surface area contributed by atoms with Gasteiger partial charge in [-0.3, -0.25) is 4.79 Å². The van der Waals surface area contributed by atoms with Crippen molar-refractivity contribution in [3.63, 3.8) is 0 Å². The predicted octanol–water partition coefficient (Wildman–Crippen LogP) is 4.06. The molecule has 1 amide bonds. The van der Waals surface area contributed by atoms with Crippen molar-refractivity contribution >= 4 is 22.8 Å². The van der Waals surface area contributed by atoms with Gasteiger partial charge in [0, 0.05) is 6.54 Å². The number of rotatable bonds is 9. The molecule has 8 heteroatoms. The first-order valence-corrected chi connectivity index (χ1v) is 11.1. The molecule has 0 saturated heterocycles. The molecule has 2 N–H and O–H groups in total. The lowest BCUT2D eigenvalue weighted by atomic mass is 10.0. The van der Waals surface area contributed by atoms with Gasteiger partial charge in [-0.25, -0.2) is 14.6 Å². The number of benzene rings is 2. The summed E-state index contributed by atoms with van der Waals surface area (Å²) in [5.74, 6) is 1.48. The first-order chi connectivity index (χ1) is 16.8. The normalized spacial score (nSPS) is 10.9. The number of hydrogen-bond acceptors (Lipinski definition) is 6. The minimum atomic E-state index is -0.0284. The van der Waals surface area contributed by atoms with Crippen LogP contribution in [0.15, 0.2) is 89.9 Å². The number of fused-ring (bicyclic) bond motifs is 1. The van der Waals surface area contributed by atoms with E-state index in [1.165, 1.54) is 6.33 Å². The van der Waals surface area contributed by atoms with Crippen LogP contribution in [0.4, 0.5) is 5.82 Å².